The Kier molecular flexibility index (Phi) is 4.22. The molecule has 2 unspecified atom stereocenters. The average Bonchev–Trinajstić information content (AvgIpc) is 2.33. The normalized spacial score (nSPS) is 34.9. The maximum Gasteiger partial charge on any atom is 0.0693 e. The second-order valence-corrected chi connectivity index (χ2v) is 5.60. The van der Waals surface area contributed by atoms with E-state index in [4.69, 9.17) is 0 Å². The van der Waals surface area contributed by atoms with E-state index >= 15 is 0 Å². The van der Waals surface area contributed by atoms with Crippen LogP contribution in [0.2, 0.25) is 0 Å². The zero-order valence-electron chi connectivity index (χ0n) is 10.1. The van der Waals surface area contributed by atoms with Gasteiger partial charge in [0.25, 0.3) is 0 Å². The molecule has 0 spiro atoms. The zero-order valence-corrected chi connectivity index (χ0v) is 10.1. The minimum Gasteiger partial charge on any atom is -0.394 e. The lowest BCUT2D eigenvalue weighted by molar-refractivity contribution is 0.0412. The van der Waals surface area contributed by atoms with Crippen LogP contribution in [-0.2, 0) is 0 Å². The fourth-order valence-corrected chi connectivity index (χ4v) is 3.25. The lowest BCUT2D eigenvalue weighted by Gasteiger charge is -2.42. The summed E-state index contributed by atoms with van der Waals surface area (Å²) < 4.78 is 0. The molecule has 2 aliphatic carbocycles. The summed E-state index contributed by atoms with van der Waals surface area (Å²) >= 11 is 0. The van der Waals surface area contributed by atoms with E-state index in [2.05, 4.69) is 5.32 Å². The first kappa shape index (κ1) is 12.3. The third-order valence-corrected chi connectivity index (χ3v) is 4.33. The van der Waals surface area contributed by atoms with Crippen molar-refractivity contribution in [1.82, 2.24) is 5.32 Å². The Labute approximate surface area is 98.2 Å². The molecule has 2 rings (SSSR count). The maximum atomic E-state index is 9.97. The molecule has 94 valence electrons. The SMILES string of the molecule is OCC1(NC2CCCCC2O)CCCCC1. The number of nitrogens with one attached hydrogen (secondary N) is 1. The Bertz CT molecular complexity index is 214. The molecule has 0 amide bonds. The fraction of sp³-hybridized carbons (Fsp3) is 1.00. The smallest absolute Gasteiger partial charge is 0.0693 e. The molecule has 0 aromatic carbocycles. The van der Waals surface area contributed by atoms with Crippen molar-refractivity contribution in [2.45, 2.75) is 75.5 Å². The number of aliphatic hydroxyl groups is 2. The van der Waals surface area contributed by atoms with Crippen LogP contribution < -0.4 is 5.32 Å². The third kappa shape index (κ3) is 2.76. The van der Waals surface area contributed by atoms with E-state index in [-0.39, 0.29) is 24.3 Å². The summed E-state index contributed by atoms with van der Waals surface area (Å²) in [6.45, 7) is 0.218. The molecule has 0 aromatic rings. The highest BCUT2D eigenvalue weighted by Gasteiger charge is 2.35. The van der Waals surface area contributed by atoms with Gasteiger partial charge in [-0.05, 0) is 25.7 Å². The van der Waals surface area contributed by atoms with Crippen molar-refractivity contribution in [3.63, 3.8) is 0 Å². The fourth-order valence-electron chi connectivity index (χ4n) is 3.25. The largest absolute Gasteiger partial charge is 0.394 e. The summed E-state index contributed by atoms with van der Waals surface area (Å²) in [7, 11) is 0. The molecule has 16 heavy (non-hydrogen) atoms. The number of hydrogen-bond donors (Lipinski definition) is 3. The monoisotopic (exact) mass is 227 g/mol. The lowest BCUT2D eigenvalue weighted by Crippen LogP contribution is -2.57. The quantitative estimate of drug-likeness (QED) is 0.686. The Hall–Kier alpha value is -0.120. The molecular weight excluding hydrogens is 202 g/mol. The second kappa shape index (κ2) is 5.48. The van der Waals surface area contributed by atoms with Gasteiger partial charge in [-0.1, -0.05) is 32.1 Å². The van der Waals surface area contributed by atoms with Crippen LogP contribution >= 0.6 is 0 Å². The molecule has 0 saturated heterocycles. The van der Waals surface area contributed by atoms with Crippen molar-refractivity contribution < 1.29 is 10.2 Å². The Morgan fingerprint density at radius 3 is 2.31 bits per heavy atom. The van der Waals surface area contributed by atoms with Gasteiger partial charge in [-0.25, -0.2) is 0 Å². The van der Waals surface area contributed by atoms with Crippen molar-refractivity contribution >= 4 is 0 Å². The van der Waals surface area contributed by atoms with Crippen molar-refractivity contribution in [1.29, 1.82) is 0 Å². The first-order chi connectivity index (χ1) is 7.76. The molecule has 2 saturated carbocycles. The van der Waals surface area contributed by atoms with Crippen LogP contribution in [0.3, 0.4) is 0 Å². The highest BCUT2D eigenvalue weighted by Crippen LogP contribution is 2.30. The maximum absolute atomic E-state index is 9.97. The Morgan fingerprint density at radius 2 is 1.69 bits per heavy atom. The van der Waals surface area contributed by atoms with Crippen molar-refractivity contribution in [2.24, 2.45) is 0 Å². The van der Waals surface area contributed by atoms with E-state index in [1.165, 1.54) is 25.7 Å². The molecule has 2 aliphatic rings. The molecule has 0 aliphatic heterocycles. The minimum atomic E-state index is -0.209. The predicted octanol–water partition coefficient (Wildman–Crippen LogP) is 1.57. The molecule has 2 atom stereocenters. The molecule has 3 nitrogen and oxygen atoms in total. The summed E-state index contributed by atoms with van der Waals surface area (Å²) in [6, 6.07) is 0.207. The highest BCUT2D eigenvalue weighted by molar-refractivity contribution is 4.95. The summed E-state index contributed by atoms with van der Waals surface area (Å²) in [4.78, 5) is 0. The van der Waals surface area contributed by atoms with E-state index < -0.39 is 0 Å². The zero-order chi connectivity index (χ0) is 11.4. The van der Waals surface area contributed by atoms with Gasteiger partial charge < -0.3 is 15.5 Å². The standard InChI is InChI=1S/C13H25NO2/c15-10-13(8-4-1-5-9-13)14-11-6-2-3-7-12(11)16/h11-12,14-16H,1-10H2. The summed E-state index contributed by atoms with van der Waals surface area (Å²) in [5, 5.41) is 23.2. The van der Waals surface area contributed by atoms with Gasteiger partial charge in [0, 0.05) is 11.6 Å². The number of rotatable bonds is 3. The number of hydrogen-bond acceptors (Lipinski definition) is 3. The highest BCUT2D eigenvalue weighted by atomic mass is 16.3. The van der Waals surface area contributed by atoms with Crippen LogP contribution in [-0.4, -0.2) is 34.5 Å². The van der Waals surface area contributed by atoms with E-state index in [1.807, 2.05) is 0 Å². The van der Waals surface area contributed by atoms with E-state index in [1.54, 1.807) is 0 Å². The topological polar surface area (TPSA) is 52.5 Å². The second-order valence-electron chi connectivity index (χ2n) is 5.60. The van der Waals surface area contributed by atoms with E-state index in [9.17, 15) is 10.2 Å². The molecule has 0 radical (unpaired) electrons. The minimum absolute atomic E-state index is 0.0960. The molecule has 0 bridgehead atoms. The van der Waals surface area contributed by atoms with Gasteiger partial charge in [-0.2, -0.15) is 0 Å². The third-order valence-electron chi connectivity index (χ3n) is 4.33. The van der Waals surface area contributed by atoms with Gasteiger partial charge in [-0.15, -0.1) is 0 Å². The first-order valence-electron chi connectivity index (χ1n) is 6.82. The molecule has 0 heterocycles. The summed E-state index contributed by atoms with van der Waals surface area (Å²) in [5.41, 5.74) is -0.0960. The van der Waals surface area contributed by atoms with E-state index in [0.717, 1.165) is 32.1 Å². The molecule has 3 heteroatoms. The van der Waals surface area contributed by atoms with Gasteiger partial charge >= 0.3 is 0 Å². The van der Waals surface area contributed by atoms with Gasteiger partial charge in [0.1, 0.15) is 0 Å². The lowest BCUT2D eigenvalue weighted by atomic mass is 9.80. The van der Waals surface area contributed by atoms with E-state index in [0.29, 0.717) is 0 Å². The first-order valence-corrected chi connectivity index (χ1v) is 6.82. The van der Waals surface area contributed by atoms with Crippen LogP contribution in [0.15, 0.2) is 0 Å². The Balaban J connectivity index is 1.93. The molecule has 0 aromatic heterocycles. The summed E-state index contributed by atoms with van der Waals surface area (Å²) in [6.07, 6.45) is 9.94. The van der Waals surface area contributed by atoms with Crippen LogP contribution in [0.1, 0.15) is 57.8 Å². The van der Waals surface area contributed by atoms with Crippen molar-refractivity contribution in [3.05, 3.63) is 0 Å². The van der Waals surface area contributed by atoms with Gasteiger partial charge in [0.2, 0.25) is 0 Å². The van der Waals surface area contributed by atoms with Crippen LogP contribution in [0.5, 0.6) is 0 Å². The van der Waals surface area contributed by atoms with Gasteiger partial charge in [0.15, 0.2) is 0 Å². The van der Waals surface area contributed by atoms with Gasteiger partial charge in [0.05, 0.1) is 12.7 Å². The van der Waals surface area contributed by atoms with Crippen LogP contribution in [0.25, 0.3) is 0 Å². The molecular formula is C13H25NO2. The average molecular weight is 227 g/mol. The van der Waals surface area contributed by atoms with Crippen molar-refractivity contribution in [3.8, 4) is 0 Å². The van der Waals surface area contributed by atoms with Gasteiger partial charge in [-0.3, -0.25) is 0 Å². The van der Waals surface area contributed by atoms with Crippen LogP contribution in [0, 0.1) is 0 Å². The summed E-state index contributed by atoms with van der Waals surface area (Å²) in [5.74, 6) is 0. The molecule has 3 N–H and O–H groups in total. The predicted molar refractivity (Wildman–Crippen MR) is 64.3 cm³/mol. The van der Waals surface area contributed by atoms with Crippen LogP contribution in [0.4, 0.5) is 0 Å². The number of aliphatic hydroxyl groups excluding tert-OH is 2. The molecule has 2 fully saturated rings. The van der Waals surface area contributed by atoms with Crippen molar-refractivity contribution in [2.75, 3.05) is 6.61 Å². The Morgan fingerprint density at radius 1 is 1.00 bits per heavy atom.